The van der Waals surface area contributed by atoms with Crippen molar-refractivity contribution in [2.45, 2.75) is 257 Å². The number of nitrogens with one attached hydrogen (secondary N) is 2. The van der Waals surface area contributed by atoms with Gasteiger partial charge in [0, 0.05) is 120 Å². The molecule has 90 heavy (non-hydrogen) atoms. The van der Waals surface area contributed by atoms with Crippen molar-refractivity contribution >= 4 is 34.9 Å². The van der Waals surface area contributed by atoms with Crippen LogP contribution in [-0.4, -0.2) is 247 Å². The highest BCUT2D eigenvalue weighted by molar-refractivity contribution is 5.80. The van der Waals surface area contributed by atoms with Gasteiger partial charge in [-0.05, 0) is 70.6 Å². The second-order valence-corrected chi connectivity index (χ2v) is 24.7. The first kappa shape index (κ1) is 83.0. The summed E-state index contributed by atoms with van der Waals surface area (Å²) >= 11 is 0. The molecule has 0 aromatic carbocycles. The Bertz CT molecular complexity index is 1750. The van der Waals surface area contributed by atoms with E-state index in [0.29, 0.717) is 135 Å². The largest absolute Gasteiger partial charge is 0.394 e. The van der Waals surface area contributed by atoms with Crippen molar-refractivity contribution in [1.29, 1.82) is 0 Å². The van der Waals surface area contributed by atoms with Crippen molar-refractivity contribution in [3.05, 3.63) is 0 Å². The molecule has 2 amide bonds. The summed E-state index contributed by atoms with van der Waals surface area (Å²) in [5.41, 5.74) is -0.686. The standard InChI is InChI=1S/C63H112N2O24.CH4/c1-42-54(75)57(78)49(36-66)87-60(42)84-30-14-11-22-45(69)18-7-5-9-20-47(71)25-33-81-39-63(4,40-82-34-26-48(72)21-10-6-8-19-46(70)23-12-15-31-85-61-43(2)55(76)58(79)50(37-67)88-61)41-83-35-27-53(74)65-29-17-28-64-52(73)24-13-16-32-86-62-44(3)56(77)59(80)51(38-68)89-62;/h42-44,49-51,54-62,66-68,75-80H,5-41H2,1-4H3,(H,64,73)(H,65,74);1H4. The number of hydrogen-bond acceptors (Lipinski definition) is 24. The molecule has 3 rings (SSSR count). The molecule has 3 fully saturated rings. The van der Waals surface area contributed by atoms with Crippen LogP contribution in [0.2, 0.25) is 0 Å². The number of carbonyl (C=O) groups is 6. The minimum atomic E-state index is -1.21. The Hall–Kier alpha value is -3.10. The van der Waals surface area contributed by atoms with Crippen LogP contribution in [-0.2, 0) is 71.4 Å². The number of rotatable bonds is 52. The van der Waals surface area contributed by atoms with Crippen LogP contribution in [0.1, 0.15) is 183 Å². The predicted octanol–water partition coefficient (Wildman–Crippen LogP) is 2.43. The molecule has 0 aromatic rings. The topological polar surface area (TPSA) is 392 Å². The maximum Gasteiger partial charge on any atom is 0.222 e. The lowest BCUT2D eigenvalue weighted by atomic mass is 9.92. The summed E-state index contributed by atoms with van der Waals surface area (Å²) in [5.74, 6) is -1.49. The highest BCUT2D eigenvalue weighted by Gasteiger charge is 2.44. The van der Waals surface area contributed by atoms with E-state index in [1.165, 1.54) is 0 Å². The zero-order valence-electron chi connectivity index (χ0n) is 53.5. The maximum absolute atomic E-state index is 12.8. The summed E-state index contributed by atoms with van der Waals surface area (Å²) in [6.07, 6.45) is -0.721. The number of aliphatic hydroxyl groups excluding tert-OH is 9. The first-order chi connectivity index (χ1) is 42.6. The van der Waals surface area contributed by atoms with Crippen molar-refractivity contribution in [3.8, 4) is 0 Å². The van der Waals surface area contributed by atoms with Gasteiger partial charge in [-0.3, -0.25) is 28.8 Å². The zero-order chi connectivity index (χ0) is 65.6. The van der Waals surface area contributed by atoms with Gasteiger partial charge in [-0.25, -0.2) is 0 Å². The van der Waals surface area contributed by atoms with Crippen LogP contribution in [0.15, 0.2) is 0 Å². The van der Waals surface area contributed by atoms with Gasteiger partial charge in [0.15, 0.2) is 18.9 Å². The van der Waals surface area contributed by atoms with Gasteiger partial charge in [-0.2, -0.15) is 0 Å². The first-order valence-electron chi connectivity index (χ1n) is 32.7. The highest BCUT2D eigenvalue weighted by Crippen LogP contribution is 2.30. The molecular weight excluding hydrogens is 1180 g/mol. The minimum Gasteiger partial charge on any atom is -0.394 e. The molecule has 15 atom stereocenters. The van der Waals surface area contributed by atoms with Gasteiger partial charge in [-0.1, -0.05) is 48.0 Å². The molecule has 11 N–H and O–H groups in total. The third-order valence-electron chi connectivity index (χ3n) is 16.6. The van der Waals surface area contributed by atoms with E-state index in [-0.39, 0.29) is 114 Å². The molecule has 0 saturated carbocycles. The van der Waals surface area contributed by atoms with Crippen LogP contribution < -0.4 is 10.6 Å². The number of Topliss-reactive ketones (excluding diaryl/α,β-unsaturated/α-hetero) is 4. The van der Waals surface area contributed by atoms with Crippen molar-refractivity contribution < 1.29 is 117 Å². The average molecular weight is 1300 g/mol. The van der Waals surface area contributed by atoms with Crippen LogP contribution in [0.3, 0.4) is 0 Å². The van der Waals surface area contributed by atoms with Gasteiger partial charge in [0.2, 0.25) is 11.8 Å². The van der Waals surface area contributed by atoms with E-state index < -0.39 is 117 Å². The zero-order valence-corrected chi connectivity index (χ0v) is 53.5. The lowest BCUT2D eigenvalue weighted by molar-refractivity contribution is -0.282. The van der Waals surface area contributed by atoms with Gasteiger partial charge in [-0.15, -0.1) is 0 Å². The van der Waals surface area contributed by atoms with Gasteiger partial charge in [0.05, 0.1) is 77.8 Å². The Balaban J connectivity index is 0.0000276. The fraction of sp³-hybridized carbons (Fsp3) is 0.906. The molecular formula is C64H116N2O24. The van der Waals surface area contributed by atoms with Gasteiger partial charge in [0.1, 0.15) is 59.8 Å². The Labute approximate surface area is 533 Å². The van der Waals surface area contributed by atoms with Gasteiger partial charge >= 0.3 is 0 Å². The molecule has 26 heteroatoms. The summed E-state index contributed by atoms with van der Waals surface area (Å²) in [6, 6.07) is 0. The van der Waals surface area contributed by atoms with E-state index >= 15 is 0 Å². The Kier molecular flexibility index (Phi) is 44.0. The number of amides is 2. The molecule has 0 aromatic heterocycles. The normalized spacial score (nSPS) is 27.5. The number of ketones is 4. The molecule has 3 saturated heterocycles. The van der Waals surface area contributed by atoms with Crippen LogP contribution >= 0.6 is 0 Å². The molecule has 15 unspecified atom stereocenters. The first-order valence-corrected chi connectivity index (χ1v) is 32.7. The molecule has 0 spiro atoms. The van der Waals surface area contributed by atoms with Crippen molar-refractivity contribution in [1.82, 2.24) is 10.6 Å². The third-order valence-corrected chi connectivity index (χ3v) is 16.6. The van der Waals surface area contributed by atoms with Crippen LogP contribution in [0.4, 0.5) is 0 Å². The lowest BCUT2D eigenvalue weighted by Crippen LogP contribution is -2.55. The van der Waals surface area contributed by atoms with Crippen LogP contribution in [0, 0.1) is 23.2 Å². The van der Waals surface area contributed by atoms with Crippen molar-refractivity contribution in [3.63, 3.8) is 0 Å². The average Bonchev–Trinajstić information content (AvgIpc) is 0.930. The lowest BCUT2D eigenvalue weighted by Gasteiger charge is -2.40. The second kappa shape index (κ2) is 47.7. The minimum absolute atomic E-state index is 0. The number of aliphatic hydroxyl groups is 9. The summed E-state index contributed by atoms with van der Waals surface area (Å²) in [5, 5.41) is 94.6. The van der Waals surface area contributed by atoms with E-state index in [2.05, 4.69) is 10.6 Å². The van der Waals surface area contributed by atoms with E-state index in [9.17, 15) is 74.7 Å². The van der Waals surface area contributed by atoms with E-state index in [4.69, 9.17) is 42.6 Å². The SMILES string of the molecule is C.CC1C(OCCCCC(=O)CCCCCC(=O)CCOCC(C)(COCCC(=O)CCCCCC(=O)CCCCOC2OC(CO)C(O)C(O)C2C)COCCC(=O)NCCCNC(=O)CCCCOC2OC(CO)C(O)C(O)C2C)OC(CO)C(O)C1O. The van der Waals surface area contributed by atoms with Gasteiger partial charge < -0.3 is 99.2 Å². The molecule has 0 aliphatic carbocycles. The summed E-state index contributed by atoms with van der Waals surface area (Å²) < 4.78 is 51.8. The van der Waals surface area contributed by atoms with Gasteiger partial charge in [0.25, 0.3) is 0 Å². The number of unbranched alkanes of at least 4 members (excludes halogenated alkanes) is 7. The molecule has 3 aliphatic heterocycles. The molecule has 0 bridgehead atoms. The predicted molar refractivity (Wildman–Crippen MR) is 328 cm³/mol. The summed E-state index contributed by atoms with van der Waals surface area (Å²) in [7, 11) is 0. The number of carbonyl (C=O) groups excluding carboxylic acids is 6. The maximum atomic E-state index is 12.8. The molecule has 0 radical (unpaired) electrons. The fourth-order valence-electron chi connectivity index (χ4n) is 10.5. The Morgan fingerprint density at radius 2 is 0.644 bits per heavy atom. The Morgan fingerprint density at radius 3 is 0.967 bits per heavy atom. The molecule has 3 heterocycles. The Morgan fingerprint density at radius 1 is 0.367 bits per heavy atom. The monoisotopic (exact) mass is 1300 g/mol. The summed E-state index contributed by atoms with van der Waals surface area (Å²) in [6.45, 7) is 8.21. The third kappa shape index (κ3) is 32.8. The summed E-state index contributed by atoms with van der Waals surface area (Å²) in [4.78, 5) is 75.5. The van der Waals surface area contributed by atoms with Crippen molar-refractivity contribution in [2.75, 3.05) is 92.4 Å². The van der Waals surface area contributed by atoms with E-state index in [1.54, 1.807) is 20.8 Å². The fourth-order valence-corrected chi connectivity index (χ4v) is 10.5. The smallest absolute Gasteiger partial charge is 0.222 e. The van der Waals surface area contributed by atoms with E-state index in [0.717, 1.165) is 12.8 Å². The number of ether oxygens (including phenoxy) is 9. The highest BCUT2D eigenvalue weighted by atomic mass is 16.7. The second-order valence-electron chi connectivity index (χ2n) is 24.7. The van der Waals surface area contributed by atoms with Crippen molar-refractivity contribution in [2.24, 2.45) is 23.2 Å². The molecule has 3 aliphatic rings. The van der Waals surface area contributed by atoms with E-state index in [1.807, 2.05) is 6.92 Å². The quantitative estimate of drug-likeness (QED) is 0.0390. The molecule has 526 valence electrons. The van der Waals surface area contributed by atoms with Crippen LogP contribution in [0.5, 0.6) is 0 Å². The number of hydrogen-bond donors (Lipinski definition) is 11. The molecule has 26 nitrogen and oxygen atoms in total. The van der Waals surface area contributed by atoms with Crippen LogP contribution in [0.25, 0.3) is 0 Å².